The molecule has 0 aliphatic carbocycles. The van der Waals surface area contributed by atoms with Gasteiger partial charge in [-0.25, -0.2) is 0 Å². The number of primary amides is 1. The Bertz CT molecular complexity index is 673. The third kappa shape index (κ3) is 2.82. The summed E-state index contributed by atoms with van der Waals surface area (Å²) < 4.78 is 0. The predicted octanol–water partition coefficient (Wildman–Crippen LogP) is 1.98. The molecule has 0 saturated heterocycles. The van der Waals surface area contributed by atoms with E-state index in [0.717, 1.165) is 0 Å². The van der Waals surface area contributed by atoms with E-state index in [0.29, 0.717) is 28.2 Å². The maximum absolute atomic E-state index is 11.1. The minimum absolute atomic E-state index is 0.369. The van der Waals surface area contributed by atoms with Crippen molar-refractivity contribution in [3.63, 3.8) is 0 Å². The van der Waals surface area contributed by atoms with Crippen LogP contribution in [-0.4, -0.2) is 5.91 Å². The number of nitriles is 1. The van der Waals surface area contributed by atoms with E-state index >= 15 is 0 Å². The number of nitrogens with two attached hydrogens (primary N) is 2. The number of nitrogens with one attached hydrogen (secondary N) is 1. The molecule has 0 fully saturated rings. The van der Waals surface area contributed by atoms with Gasteiger partial charge in [0.2, 0.25) is 5.91 Å². The Morgan fingerprint density at radius 3 is 2.68 bits per heavy atom. The number of nitrogen functional groups attached to an aromatic ring is 1. The SMILES string of the molecule is N#Cc1cccc(Nc2cc(C(N)=O)ccc2N)c1. The molecule has 2 aromatic carbocycles. The zero-order valence-electron chi connectivity index (χ0n) is 10.1. The molecular weight excluding hydrogens is 240 g/mol. The highest BCUT2D eigenvalue weighted by Crippen LogP contribution is 2.24. The van der Waals surface area contributed by atoms with Crippen LogP contribution < -0.4 is 16.8 Å². The van der Waals surface area contributed by atoms with Crippen molar-refractivity contribution < 1.29 is 4.79 Å². The minimum atomic E-state index is -0.520. The first kappa shape index (κ1) is 12.5. The molecule has 5 N–H and O–H groups in total. The fourth-order valence-corrected chi connectivity index (χ4v) is 1.64. The van der Waals surface area contributed by atoms with Crippen LogP contribution in [0.4, 0.5) is 17.1 Å². The molecule has 0 aliphatic rings. The molecule has 2 rings (SSSR count). The molecule has 1 amide bonds. The monoisotopic (exact) mass is 252 g/mol. The van der Waals surface area contributed by atoms with E-state index < -0.39 is 5.91 Å². The van der Waals surface area contributed by atoms with Crippen LogP contribution in [0.3, 0.4) is 0 Å². The summed E-state index contributed by atoms with van der Waals surface area (Å²) in [6, 6.07) is 13.8. The second-order valence-electron chi connectivity index (χ2n) is 3.98. The molecule has 0 atom stereocenters. The van der Waals surface area contributed by atoms with Crippen molar-refractivity contribution in [1.29, 1.82) is 5.26 Å². The van der Waals surface area contributed by atoms with Gasteiger partial charge in [0, 0.05) is 11.3 Å². The van der Waals surface area contributed by atoms with Crippen LogP contribution in [0.5, 0.6) is 0 Å². The zero-order chi connectivity index (χ0) is 13.8. The summed E-state index contributed by atoms with van der Waals surface area (Å²) in [5.41, 5.74) is 13.7. The van der Waals surface area contributed by atoms with Crippen LogP contribution in [0.1, 0.15) is 15.9 Å². The lowest BCUT2D eigenvalue weighted by Gasteiger charge is -2.10. The van der Waals surface area contributed by atoms with Crippen molar-refractivity contribution in [2.75, 3.05) is 11.1 Å². The van der Waals surface area contributed by atoms with Gasteiger partial charge in [0.05, 0.1) is 23.0 Å². The predicted molar refractivity (Wildman–Crippen MR) is 73.8 cm³/mol. The quantitative estimate of drug-likeness (QED) is 0.726. The van der Waals surface area contributed by atoms with Crippen molar-refractivity contribution in [3.8, 4) is 6.07 Å². The van der Waals surface area contributed by atoms with E-state index in [1.165, 1.54) is 0 Å². The number of hydrogen-bond acceptors (Lipinski definition) is 4. The fraction of sp³-hybridized carbons (Fsp3) is 0. The standard InChI is InChI=1S/C14H12N4O/c15-8-9-2-1-3-11(6-9)18-13-7-10(14(17)19)4-5-12(13)16/h1-7,18H,16H2,(H2,17,19). The Morgan fingerprint density at radius 1 is 1.21 bits per heavy atom. The maximum atomic E-state index is 11.1. The number of amides is 1. The van der Waals surface area contributed by atoms with Crippen LogP contribution in [0, 0.1) is 11.3 Å². The minimum Gasteiger partial charge on any atom is -0.397 e. The number of hydrogen-bond donors (Lipinski definition) is 3. The molecule has 0 unspecified atom stereocenters. The van der Waals surface area contributed by atoms with E-state index in [-0.39, 0.29) is 0 Å². The molecule has 0 radical (unpaired) electrons. The summed E-state index contributed by atoms with van der Waals surface area (Å²) in [4.78, 5) is 11.1. The lowest BCUT2D eigenvalue weighted by Crippen LogP contribution is -2.11. The Hall–Kier alpha value is -3.00. The Kier molecular flexibility index (Phi) is 3.35. The molecular formula is C14H12N4O. The molecule has 0 aliphatic heterocycles. The van der Waals surface area contributed by atoms with Gasteiger partial charge in [-0.05, 0) is 36.4 Å². The summed E-state index contributed by atoms with van der Waals surface area (Å²) >= 11 is 0. The molecule has 0 saturated carbocycles. The third-order valence-corrected chi connectivity index (χ3v) is 2.61. The first-order valence-electron chi connectivity index (χ1n) is 5.56. The van der Waals surface area contributed by atoms with Crippen molar-refractivity contribution >= 4 is 23.0 Å². The first-order valence-corrected chi connectivity index (χ1v) is 5.56. The van der Waals surface area contributed by atoms with Crippen LogP contribution in [-0.2, 0) is 0 Å². The highest BCUT2D eigenvalue weighted by molar-refractivity contribution is 5.95. The highest BCUT2D eigenvalue weighted by atomic mass is 16.1. The number of anilines is 3. The second kappa shape index (κ2) is 5.10. The van der Waals surface area contributed by atoms with Crippen LogP contribution in [0.15, 0.2) is 42.5 Å². The van der Waals surface area contributed by atoms with Crippen molar-refractivity contribution in [2.24, 2.45) is 5.73 Å². The van der Waals surface area contributed by atoms with Gasteiger partial charge in [-0.15, -0.1) is 0 Å². The van der Waals surface area contributed by atoms with E-state index in [1.807, 2.05) is 0 Å². The van der Waals surface area contributed by atoms with Crippen LogP contribution in [0.2, 0.25) is 0 Å². The number of carbonyl (C=O) groups is 1. The summed E-state index contributed by atoms with van der Waals surface area (Å²) in [5, 5.41) is 11.9. The van der Waals surface area contributed by atoms with Crippen molar-refractivity contribution in [3.05, 3.63) is 53.6 Å². The third-order valence-electron chi connectivity index (χ3n) is 2.61. The summed E-state index contributed by atoms with van der Waals surface area (Å²) in [6.07, 6.45) is 0. The van der Waals surface area contributed by atoms with Gasteiger partial charge in [-0.1, -0.05) is 6.07 Å². The molecule has 0 aromatic heterocycles. The van der Waals surface area contributed by atoms with Gasteiger partial charge in [0.25, 0.3) is 0 Å². The highest BCUT2D eigenvalue weighted by Gasteiger charge is 2.05. The van der Waals surface area contributed by atoms with Crippen LogP contribution >= 0.6 is 0 Å². The number of rotatable bonds is 3. The molecule has 0 bridgehead atoms. The fourth-order valence-electron chi connectivity index (χ4n) is 1.64. The molecule has 5 heteroatoms. The lowest BCUT2D eigenvalue weighted by atomic mass is 10.1. The average Bonchev–Trinajstić information content (AvgIpc) is 2.41. The lowest BCUT2D eigenvalue weighted by molar-refractivity contribution is 0.100. The van der Waals surface area contributed by atoms with E-state index in [4.69, 9.17) is 16.7 Å². The smallest absolute Gasteiger partial charge is 0.248 e. The number of carbonyl (C=O) groups excluding carboxylic acids is 1. The second-order valence-corrected chi connectivity index (χ2v) is 3.98. The maximum Gasteiger partial charge on any atom is 0.248 e. The molecule has 94 valence electrons. The molecule has 0 heterocycles. The van der Waals surface area contributed by atoms with Gasteiger partial charge in [0.15, 0.2) is 0 Å². The molecule has 19 heavy (non-hydrogen) atoms. The first-order chi connectivity index (χ1) is 9.10. The van der Waals surface area contributed by atoms with Gasteiger partial charge in [-0.2, -0.15) is 5.26 Å². The Morgan fingerprint density at radius 2 is 2.00 bits per heavy atom. The van der Waals surface area contributed by atoms with Crippen LogP contribution in [0.25, 0.3) is 0 Å². The van der Waals surface area contributed by atoms with E-state index in [2.05, 4.69) is 11.4 Å². The van der Waals surface area contributed by atoms with Crippen molar-refractivity contribution in [2.45, 2.75) is 0 Å². The summed E-state index contributed by atoms with van der Waals surface area (Å²) in [6.45, 7) is 0. The Balaban J connectivity index is 2.34. The van der Waals surface area contributed by atoms with Gasteiger partial charge >= 0.3 is 0 Å². The Labute approximate surface area is 110 Å². The average molecular weight is 252 g/mol. The van der Waals surface area contributed by atoms with Gasteiger partial charge < -0.3 is 16.8 Å². The van der Waals surface area contributed by atoms with Crippen molar-refractivity contribution in [1.82, 2.24) is 0 Å². The molecule has 0 spiro atoms. The largest absolute Gasteiger partial charge is 0.397 e. The normalized spacial score (nSPS) is 9.63. The van der Waals surface area contributed by atoms with E-state index in [1.54, 1.807) is 42.5 Å². The number of nitrogens with zero attached hydrogens (tertiary/aromatic N) is 1. The summed E-state index contributed by atoms with van der Waals surface area (Å²) in [7, 11) is 0. The van der Waals surface area contributed by atoms with Gasteiger partial charge in [-0.3, -0.25) is 4.79 Å². The topological polar surface area (TPSA) is 105 Å². The van der Waals surface area contributed by atoms with E-state index in [9.17, 15) is 4.79 Å². The summed E-state index contributed by atoms with van der Waals surface area (Å²) in [5.74, 6) is -0.520. The van der Waals surface area contributed by atoms with Gasteiger partial charge in [0.1, 0.15) is 0 Å². The molecule has 2 aromatic rings. The zero-order valence-corrected chi connectivity index (χ0v) is 10.1. The number of benzene rings is 2. The molecule has 5 nitrogen and oxygen atoms in total.